The molecule has 0 saturated carbocycles. The molecular formula is C24H16ClF4N7O3. The Morgan fingerprint density at radius 2 is 1.90 bits per heavy atom. The molecule has 1 amide bonds. The fourth-order valence-electron chi connectivity index (χ4n) is 3.74. The maximum Gasteiger partial charge on any atom is 0.337 e. The molecule has 15 heteroatoms. The number of aryl methyl sites for hydroxylation is 1. The Kier molecular flexibility index (Phi) is 7.63. The SMILES string of the molecule is Cc1cc(C#N)cc(C(=O)O)c1NC(=O)c1cc(Cn2nc(C(F)F)cc2C(F)F)nn1-c1ncccc1Cl. The highest BCUT2D eigenvalue weighted by molar-refractivity contribution is 6.32. The van der Waals surface area contributed by atoms with Crippen molar-refractivity contribution in [1.29, 1.82) is 5.26 Å². The minimum Gasteiger partial charge on any atom is -0.478 e. The molecule has 4 rings (SSSR count). The molecule has 0 aliphatic heterocycles. The van der Waals surface area contributed by atoms with E-state index in [4.69, 9.17) is 16.9 Å². The molecule has 4 aromatic rings. The summed E-state index contributed by atoms with van der Waals surface area (Å²) in [5.74, 6) is -2.30. The lowest BCUT2D eigenvalue weighted by Gasteiger charge is -2.13. The zero-order valence-electron chi connectivity index (χ0n) is 19.7. The highest BCUT2D eigenvalue weighted by Crippen LogP contribution is 2.28. The van der Waals surface area contributed by atoms with E-state index in [1.54, 1.807) is 0 Å². The first-order valence-electron chi connectivity index (χ1n) is 10.9. The Hall–Kier alpha value is -4.77. The summed E-state index contributed by atoms with van der Waals surface area (Å²) in [5.41, 5.74) is -2.00. The molecule has 0 bridgehead atoms. The molecule has 0 unspecified atom stereocenters. The number of nitrogens with one attached hydrogen (secondary N) is 1. The van der Waals surface area contributed by atoms with E-state index >= 15 is 0 Å². The number of anilines is 1. The van der Waals surface area contributed by atoms with Gasteiger partial charge in [0.1, 0.15) is 17.1 Å². The van der Waals surface area contributed by atoms with Gasteiger partial charge in [-0.1, -0.05) is 11.6 Å². The molecule has 0 spiro atoms. The number of aromatic carboxylic acids is 1. The first-order valence-corrected chi connectivity index (χ1v) is 11.3. The van der Waals surface area contributed by atoms with Crippen molar-refractivity contribution in [2.24, 2.45) is 0 Å². The van der Waals surface area contributed by atoms with E-state index in [0.717, 1.165) is 10.7 Å². The van der Waals surface area contributed by atoms with E-state index in [2.05, 4.69) is 20.5 Å². The number of benzene rings is 1. The van der Waals surface area contributed by atoms with Gasteiger partial charge in [-0.15, -0.1) is 0 Å². The van der Waals surface area contributed by atoms with Crippen molar-refractivity contribution in [3.05, 3.63) is 87.1 Å². The van der Waals surface area contributed by atoms with Crippen LogP contribution in [0.1, 0.15) is 61.9 Å². The minimum absolute atomic E-state index is 0.0200. The number of amides is 1. The van der Waals surface area contributed by atoms with Gasteiger partial charge < -0.3 is 10.4 Å². The third kappa shape index (κ3) is 5.58. The number of nitriles is 1. The highest BCUT2D eigenvalue weighted by Gasteiger charge is 2.25. The van der Waals surface area contributed by atoms with Crippen molar-refractivity contribution in [3.8, 4) is 11.9 Å². The summed E-state index contributed by atoms with van der Waals surface area (Å²) in [4.78, 5) is 29.3. The van der Waals surface area contributed by atoms with Gasteiger partial charge in [-0.05, 0) is 48.9 Å². The number of alkyl halides is 4. The van der Waals surface area contributed by atoms with Crippen LogP contribution in [0.2, 0.25) is 5.02 Å². The van der Waals surface area contributed by atoms with Gasteiger partial charge in [0.15, 0.2) is 5.82 Å². The van der Waals surface area contributed by atoms with E-state index in [1.807, 2.05) is 6.07 Å². The number of carboxylic acids is 1. The molecule has 0 saturated heterocycles. The Bertz CT molecular complexity index is 1630. The molecule has 1 aromatic carbocycles. The average molecular weight is 562 g/mol. The number of carboxylic acid groups (broad SMARTS) is 1. The van der Waals surface area contributed by atoms with Gasteiger partial charge in [0.05, 0.1) is 40.1 Å². The fourth-order valence-corrected chi connectivity index (χ4v) is 3.94. The van der Waals surface area contributed by atoms with Crippen LogP contribution in [0.4, 0.5) is 23.2 Å². The second-order valence-corrected chi connectivity index (χ2v) is 8.49. The number of carbonyl (C=O) groups is 2. The standard InChI is InChI=1S/C24H16ClF4N7O3/c1-11-5-12(9-30)6-14(24(38)39)19(11)32-23(37)18-7-13(33-36(18)22-15(25)3-2-4-31-22)10-35-17(21(28)29)8-16(34-35)20(26)27/h2-8,20-21H,10H2,1H3,(H,32,37)(H,38,39). The van der Waals surface area contributed by atoms with E-state index in [9.17, 15) is 32.3 Å². The number of nitrogens with zero attached hydrogens (tertiary/aromatic N) is 6. The fraction of sp³-hybridized carbons (Fsp3) is 0.167. The zero-order chi connectivity index (χ0) is 28.4. The van der Waals surface area contributed by atoms with Crippen LogP contribution < -0.4 is 5.32 Å². The largest absolute Gasteiger partial charge is 0.478 e. The van der Waals surface area contributed by atoms with Gasteiger partial charge in [-0.3, -0.25) is 9.48 Å². The normalized spacial score (nSPS) is 11.2. The molecule has 39 heavy (non-hydrogen) atoms. The maximum absolute atomic E-state index is 13.5. The average Bonchev–Trinajstić information content (AvgIpc) is 3.50. The number of halogens is 5. The van der Waals surface area contributed by atoms with Crippen LogP contribution in [-0.2, 0) is 6.54 Å². The summed E-state index contributed by atoms with van der Waals surface area (Å²) < 4.78 is 54.8. The third-order valence-corrected chi connectivity index (χ3v) is 5.75. The van der Waals surface area contributed by atoms with Crippen LogP contribution >= 0.6 is 11.6 Å². The van der Waals surface area contributed by atoms with Crippen molar-refractivity contribution >= 4 is 29.2 Å². The molecule has 0 aliphatic rings. The number of hydrogen-bond acceptors (Lipinski definition) is 6. The third-order valence-electron chi connectivity index (χ3n) is 5.45. The van der Waals surface area contributed by atoms with E-state index in [-0.39, 0.29) is 44.6 Å². The van der Waals surface area contributed by atoms with Crippen LogP contribution in [0.5, 0.6) is 0 Å². The van der Waals surface area contributed by atoms with Crippen molar-refractivity contribution in [2.45, 2.75) is 26.3 Å². The number of pyridine rings is 1. The van der Waals surface area contributed by atoms with Gasteiger partial charge in [-0.25, -0.2) is 32.0 Å². The lowest BCUT2D eigenvalue weighted by atomic mass is 10.0. The predicted molar refractivity (Wildman–Crippen MR) is 128 cm³/mol. The number of hydrogen-bond donors (Lipinski definition) is 2. The topological polar surface area (TPSA) is 139 Å². The molecule has 0 radical (unpaired) electrons. The van der Waals surface area contributed by atoms with Gasteiger partial charge in [-0.2, -0.15) is 15.5 Å². The second kappa shape index (κ2) is 10.9. The monoisotopic (exact) mass is 561 g/mol. The summed E-state index contributed by atoms with van der Waals surface area (Å²) >= 11 is 6.23. The Morgan fingerprint density at radius 3 is 2.51 bits per heavy atom. The first-order chi connectivity index (χ1) is 18.5. The molecule has 0 fully saturated rings. The summed E-state index contributed by atoms with van der Waals surface area (Å²) in [5, 5.41) is 29.1. The molecule has 10 nitrogen and oxygen atoms in total. The predicted octanol–water partition coefficient (Wildman–Crippen LogP) is 5.17. The Labute approximate surface area is 222 Å². The van der Waals surface area contributed by atoms with Gasteiger partial charge >= 0.3 is 5.97 Å². The second-order valence-electron chi connectivity index (χ2n) is 8.08. The minimum atomic E-state index is -3.12. The number of rotatable bonds is 8. The van der Waals surface area contributed by atoms with Crippen molar-refractivity contribution in [3.63, 3.8) is 0 Å². The molecule has 0 atom stereocenters. The summed E-state index contributed by atoms with van der Waals surface area (Å²) in [6, 6.07) is 9.04. The maximum atomic E-state index is 13.5. The number of aromatic nitrogens is 5. The van der Waals surface area contributed by atoms with Crippen molar-refractivity contribution in [2.75, 3.05) is 5.32 Å². The molecule has 3 heterocycles. The van der Waals surface area contributed by atoms with Crippen LogP contribution in [0, 0.1) is 18.3 Å². The van der Waals surface area contributed by atoms with Crippen LogP contribution in [-0.4, -0.2) is 41.5 Å². The highest BCUT2D eigenvalue weighted by atomic mass is 35.5. The molecule has 3 aromatic heterocycles. The van der Waals surface area contributed by atoms with Crippen molar-refractivity contribution in [1.82, 2.24) is 24.5 Å². The molecule has 2 N–H and O–H groups in total. The molecular weight excluding hydrogens is 546 g/mol. The Morgan fingerprint density at radius 1 is 1.15 bits per heavy atom. The van der Waals surface area contributed by atoms with Crippen LogP contribution in [0.3, 0.4) is 0 Å². The number of carbonyl (C=O) groups excluding carboxylic acids is 1. The summed E-state index contributed by atoms with van der Waals surface area (Å²) in [7, 11) is 0. The van der Waals surface area contributed by atoms with Gasteiger partial charge in [0, 0.05) is 6.20 Å². The van der Waals surface area contributed by atoms with E-state index in [0.29, 0.717) is 10.7 Å². The lowest BCUT2D eigenvalue weighted by molar-refractivity contribution is 0.0697. The van der Waals surface area contributed by atoms with Gasteiger partial charge in [0.25, 0.3) is 18.8 Å². The first kappa shape index (κ1) is 27.3. The van der Waals surface area contributed by atoms with Crippen molar-refractivity contribution < 1.29 is 32.3 Å². The summed E-state index contributed by atoms with van der Waals surface area (Å²) in [6.45, 7) is 0.978. The van der Waals surface area contributed by atoms with Crippen LogP contribution in [0.15, 0.2) is 42.6 Å². The van der Waals surface area contributed by atoms with Gasteiger partial charge in [0.2, 0.25) is 0 Å². The van der Waals surface area contributed by atoms with E-state index in [1.165, 1.54) is 37.4 Å². The lowest BCUT2D eigenvalue weighted by Crippen LogP contribution is -2.20. The summed E-state index contributed by atoms with van der Waals surface area (Å²) in [6.07, 6.45) is -4.85. The molecule has 0 aliphatic carbocycles. The molecule has 200 valence electrons. The van der Waals surface area contributed by atoms with E-state index < -0.39 is 42.7 Å². The van der Waals surface area contributed by atoms with Crippen LogP contribution in [0.25, 0.3) is 5.82 Å². The smallest absolute Gasteiger partial charge is 0.337 e. The Balaban J connectivity index is 1.80. The quantitative estimate of drug-likeness (QED) is 0.283. The zero-order valence-corrected chi connectivity index (χ0v) is 20.5.